The number of aliphatic hydroxyl groups is 1. The molecule has 1 unspecified atom stereocenters. The molecule has 8 heavy (non-hydrogen) atoms. The molecular weight excluding hydrogens is 124 g/mol. The fourth-order valence-corrected chi connectivity index (χ4v) is 1.36. The van der Waals surface area contributed by atoms with Gasteiger partial charge in [0.2, 0.25) is 0 Å². The predicted octanol–water partition coefficient (Wildman–Crippen LogP) is 0.458. The van der Waals surface area contributed by atoms with Crippen molar-refractivity contribution in [3.8, 4) is 0 Å². The van der Waals surface area contributed by atoms with E-state index in [4.69, 9.17) is 9.84 Å². The molecule has 0 amide bonds. The van der Waals surface area contributed by atoms with E-state index in [9.17, 15) is 0 Å². The van der Waals surface area contributed by atoms with Gasteiger partial charge in [-0.05, 0) is 12.2 Å². The SMILES string of the molecule is OC1COCCCS1. The van der Waals surface area contributed by atoms with Crippen molar-refractivity contribution in [1.29, 1.82) is 0 Å². The molecule has 1 heterocycles. The number of hydrogen-bond donors (Lipinski definition) is 1. The molecule has 0 saturated carbocycles. The highest BCUT2D eigenvalue weighted by molar-refractivity contribution is 7.99. The summed E-state index contributed by atoms with van der Waals surface area (Å²) in [6.45, 7) is 1.31. The van der Waals surface area contributed by atoms with E-state index in [1.54, 1.807) is 11.8 Å². The Morgan fingerprint density at radius 2 is 2.50 bits per heavy atom. The molecule has 48 valence electrons. The lowest BCUT2D eigenvalue weighted by Gasteiger charge is -2.02. The average molecular weight is 134 g/mol. The second-order valence-electron chi connectivity index (χ2n) is 1.75. The fraction of sp³-hybridized carbons (Fsp3) is 1.00. The zero-order chi connectivity index (χ0) is 5.82. The van der Waals surface area contributed by atoms with Crippen molar-refractivity contribution in [3.63, 3.8) is 0 Å². The van der Waals surface area contributed by atoms with Crippen LogP contribution in [0.5, 0.6) is 0 Å². The molecule has 0 aromatic heterocycles. The Balaban J connectivity index is 2.17. The van der Waals surface area contributed by atoms with E-state index in [1.807, 2.05) is 0 Å². The van der Waals surface area contributed by atoms with Crippen molar-refractivity contribution in [1.82, 2.24) is 0 Å². The van der Waals surface area contributed by atoms with Crippen LogP contribution in [-0.4, -0.2) is 29.5 Å². The van der Waals surface area contributed by atoms with Crippen molar-refractivity contribution >= 4 is 11.8 Å². The van der Waals surface area contributed by atoms with Gasteiger partial charge in [0, 0.05) is 6.61 Å². The molecule has 0 spiro atoms. The van der Waals surface area contributed by atoms with Gasteiger partial charge in [0.25, 0.3) is 0 Å². The number of thioether (sulfide) groups is 1. The van der Waals surface area contributed by atoms with Gasteiger partial charge in [0.05, 0.1) is 6.61 Å². The Morgan fingerprint density at radius 1 is 1.62 bits per heavy atom. The molecule has 0 radical (unpaired) electrons. The largest absolute Gasteiger partial charge is 0.380 e. The van der Waals surface area contributed by atoms with E-state index < -0.39 is 0 Å². The van der Waals surface area contributed by atoms with E-state index in [0.29, 0.717) is 6.61 Å². The van der Waals surface area contributed by atoms with Gasteiger partial charge >= 0.3 is 0 Å². The first kappa shape index (κ1) is 6.39. The normalized spacial score (nSPS) is 31.9. The van der Waals surface area contributed by atoms with Crippen LogP contribution < -0.4 is 0 Å². The van der Waals surface area contributed by atoms with Crippen LogP contribution in [-0.2, 0) is 4.74 Å². The molecule has 1 saturated heterocycles. The van der Waals surface area contributed by atoms with E-state index in [2.05, 4.69) is 0 Å². The second-order valence-corrected chi connectivity index (χ2v) is 3.04. The number of rotatable bonds is 0. The van der Waals surface area contributed by atoms with Gasteiger partial charge in [-0.2, -0.15) is 0 Å². The van der Waals surface area contributed by atoms with Crippen molar-refractivity contribution in [2.75, 3.05) is 19.0 Å². The Labute approximate surface area is 53.2 Å². The molecule has 1 aliphatic heterocycles. The first-order valence-electron chi connectivity index (χ1n) is 2.77. The average Bonchev–Trinajstić information content (AvgIpc) is 1.94. The van der Waals surface area contributed by atoms with Crippen molar-refractivity contribution in [2.24, 2.45) is 0 Å². The monoisotopic (exact) mass is 134 g/mol. The van der Waals surface area contributed by atoms with Crippen LogP contribution in [0.25, 0.3) is 0 Å². The first-order chi connectivity index (χ1) is 3.89. The number of ether oxygens (including phenoxy) is 1. The molecule has 0 bridgehead atoms. The summed E-state index contributed by atoms with van der Waals surface area (Å²) in [7, 11) is 0. The van der Waals surface area contributed by atoms with E-state index in [-0.39, 0.29) is 5.44 Å². The van der Waals surface area contributed by atoms with Crippen LogP contribution in [0.15, 0.2) is 0 Å². The van der Waals surface area contributed by atoms with Crippen LogP contribution in [0.1, 0.15) is 6.42 Å². The summed E-state index contributed by atoms with van der Waals surface area (Å²) < 4.78 is 5.04. The molecule has 1 N–H and O–H groups in total. The summed E-state index contributed by atoms with van der Waals surface area (Å²) in [5, 5.41) is 8.93. The highest BCUT2D eigenvalue weighted by atomic mass is 32.2. The lowest BCUT2D eigenvalue weighted by Crippen LogP contribution is -2.07. The summed E-state index contributed by atoms with van der Waals surface area (Å²) in [5.41, 5.74) is -0.280. The van der Waals surface area contributed by atoms with Gasteiger partial charge in [-0.15, -0.1) is 11.8 Å². The Morgan fingerprint density at radius 3 is 3.38 bits per heavy atom. The van der Waals surface area contributed by atoms with Crippen LogP contribution >= 0.6 is 11.8 Å². The lowest BCUT2D eigenvalue weighted by atomic mass is 10.5. The topological polar surface area (TPSA) is 29.5 Å². The Bertz CT molecular complexity index is 59.4. The van der Waals surface area contributed by atoms with Crippen LogP contribution in [0.4, 0.5) is 0 Å². The highest BCUT2D eigenvalue weighted by Gasteiger charge is 2.07. The molecule has 0 aromatic carbocycles. The maximum atomic E-state index is 8.93. The van der Waals surface area contributed by atoms with Crippen molar-refractivity contribution in [2.45, 2.75) is 11.9 Å². The molecule has 0 aliphatic carbocycles. The first-order valence-corrected chi connectivity index (χ1v) is 3.82. The summed E-state index contributed by atoms with van der Waals surface area (Å²) in [5.74, 6) is 1.03. The highest BCUT2D eigenvalue weighted by Crippen LogP contribution is 2.12. The van der Waals surface area contributed by atoms with Gasteiger partial charge in [-0.25, -0.2) is 0 Å². The van der Waals surface area contributed by atoms with E-state index in [1.165, 1.54) is 0 Å². The molecule has 0 aromatic rings. The van der Waals surface area contributed by atoms with Crippen LogP contribution in [0.3, 0.4) is 0 Å². The molecule has 3 heteroatoms. The molecular formula is C5H10O2S. The van der Waals surface area contributed by atoms with Crippen LogP contribution in [0, 0.1) is 0 Å². The van der Waals surface area contributed by atoms with Gasteiger partial charge < -0.3 is 9.84 Å². The van der Waals surface area contributed by atoms with Crippen molar-refractivity contribution in [3.05, 3.63) is 0 Å². The van der Waals surface area contributed by atoms with Gasteiger partial charge in [0.15, 0.2) is 0 Å². The molecule has 2 nitrogen and oxygen atoms in total. The summed E-state index contributed by atoms with van der Waals surface area (Å²) in [4.78, 5) is 0. The Hall–Kier alpha value is 0.270. The smallest absolute Gasteiger partial charge is 0.123 e. The minimum absolute atomic E-state index is 0.280. The summed E-state index contributed by atoms with van der Waals surface area (Å²) in [6.07, 6.45) is 1.07. The third-order valence-corrected chi connectivity index (χ3v) is 2.05. The predicted molar refractivity (Wildman–Crippen MR) is 33.9 cm³/mol. The Kier molecular flexibility index (Phi) is 2.66. The third kappa shape index (κ3) is 2.03. The maximum Gasteiger partial charge on any atom is 0.123 e. The maximum absolute atomic E-state index is 8.93. The molecule has 1 atom stereocenters. The summed E-state index contributed by atoms with van der Waals surface area (Å²) >= 11 is 1.57. The van der Waals surface area contributed by atoms with E-state index in [0.717, 1.165) is 18.8 Å². The summed E-state index contributed by atoms with van der Waals surface area (Å²) in [6, 6.07) is 0. The number of hydrogen-bond acceptors (Lipinski definition) is 3. The minimum Gasteiger partial charge on any atom is -0.380 e. The fourth-order valence-electron chi connectivity index (χ4n) is 0.613. The van der Waals surface area contributed by atoms with Gasteiger partial charge in [-0.3, -0.25) is 0 Å². The van der Waals surface area contributed by atoms with Crippen molar-refractivity contribution < 1.29 is 9.84 Å². The minimum atomic E-state index is -0.280. The molecule has 1 aliphatic rings. The van der Waals surface area contributed by atoms with Gasteiger partial charge in [-0.1, -0.05) is 0 Å². The zero-order valence-corrected chi connectivity index (χ0v) is 5.49. The van der Waals surface area contributed by atoms with Gasteiger partial charge in [0.1, 0.15) is 5.44 Å². The third-order valence-electron chi connectivity index (χ3n) is 1.00. The van der Waals surface area contributed by atoms with E-state index >= 15 is 0 Å². The standard InChI is InChI=1S/C5H10O2S/c6-5-4-7-2-1-3-8-5/h5-6H,1-4H2. The number of aliphatic hydroxyl groups excluding tert-OH is 1. The lowest BCUT2D eigenvalue weighted by molar-refractivity contribution is 0.0834. The zero-order valence-electron chi connectivity index (χ0n) is 4.67. The van der Waals surface area contributed by atoms with Crippen LogP contribution in [0.2, 0.25) is 0 Å². The quantitative estimate of drug-likeness (QED) is 0.522. The molecule has 1 fully saturated rings. The second kappa shape index (κ2) is 3.33. The molecule has 1 rings (SSSR count).